The van der Waals surface area contributed by atoms with Crippen LogP contribution >= 0.6 is 0 Å². The first-order chi connectivity index (χ1) is 11.3. The third-order valence-corrected chi connectivity index (χ3v) is 6.01. The second-order valence-corrected chi connectivity index (χ2v) is 7.25. The van der Waals surface area contributed by atoms with Crippen molar-refractivity contribution >= 4 is 27.4 Å². The van der Waals surface area contributed by atoms with Gasteiger partial charge in [-0.25, -0.2) is 13.2 Å². The molecule has 0 saturated heterocycles. The Morgan fingerprint density at radius 1 is 1.17 bits per heavy atom. The largest absolute Gasteiger partial charge is 0.495 e. The lowest BCUT2D eigenvalue weighted by molar-refractivity contribution is -0.152. The average Bonchev–Trinajstić information content (AvgIpc) is 2.55. The van der Waals surface area contributed by atoms with Crippen LogP contribution in [0.25, 0.3) is 0 Å². The SMILES string of the molecule is CCOC(=O)C(=O)Nc1cc(S(=O)(=O)C(CC)CC)ccc1OC. The maximum Gasteiger partial charge on any atom is 0.397 e. The van der Waals surface area contributed by atoms with Gasteiger partial charge in [-0.2, -0.15) is 0 Å². The number of methoxy groups -OCH3 is 1. The number of hydrogen-bond acceptors (Lipinski definition) is 6. The molecule has 0 aromatic heterocycles. The Bertz CT molecular complexity index is 695. The zero-order valence-electron chi connectivity index (χ0n) is 14.3. The van der Waals surface area contributed by atoms with E-state index in [1.165, 1.54) is 25.3 Å². The molecule has 0 aliphatic carbocycles. The predicted molar refractivity (Wildman–Crippen MR) is 89.8 cm³/mol. The van der Waals surface area contributed by atoms with Crippen LogP contribution in [0.2, 0.25) is 0 Å². The summed E-state index contributed by atoms with van der Waals surface area (Å²) in [6.07, 6.45) is 0.963. The molecular weight excluding hydrogens is 334 g/mol. The molecule has 0 aliphatic rings. The van der Waals surface area contributed by atoms with Crippen LogP contribution in [0.4, 0.5) is 5.69 Å². The Morgan fingerprint density at radius 2 is 1.79 bits per heavy atom. The van der Waals surface area contributed by atoms with Crippen molar-refractivity contribution < 1.29 is 27.5 Å². The van der Waals surface area contributed by atoms with Gasteiger partial charge in [-0.15, -0.1) is 0 Å². The van der Waals surface area contributed by atoms with Gasteiger partial charge in [0.1, 0.15) is 5.75 Å². The van der Waals surface area contributed by atoms with Gasteiger partial charge in [0, 0.05) is 0 Å². The summed E-state index contributed by atoms with van der Waals surface area (Å²) < 4.78 is 35.0. The van der Waals surface area contributed by atoms with Crippen LogP contribution in [0.5, 0.6) is 5.75 Å². The summed E-state index contributed by atoms with van der Waals surface area (Å²) in [5.74, 6) is -1.80. The van der Waals surface area contributed by atoms with E-state index in [1.54, 1.807) is 20.8 Å². The van der Waals surface area contributed by atoms with Gasteiger partial charge < -0.3 is 14.8 Å². The van der Waals surface area contributed by atoms with Crippen LogP contribution in [0.15, 0.2) is 23.1 Å². The van der Waals surface area contributed by atoms with E-state index in [4.69, 9.17) is 4.74 Å². The zero-order chi connectivity index (χ0) is 18.3. The maximum atomic E-state index is 12.6. The minimum absolute atomic E-state index is 0.0620. The number of carbonyl (C=O) groups excluding carboxylic acids is 2. The number of sulfone groups is 1. The van der Waals surface area contributed by atoms with E-state index >= 15 is 0 Å². The highest BCUT2D eigenvalue weighted by Gasteiger charge is 2.26. The monoisotopic (exact) mass is 357 g/mol. The lowest BCUT2D eigenvalue weighted by atomic mass is 10.3. The van der Waals surface area contributed by atoms with Gasteiger partial charge in [-0.1, -0.05) is 13.8 Å². The fourth-order valence-corrected chi connectivity index (χ4v) is 4.05. The second-order valence-electron chi connectivity index (χ2n) is 5.02. The molecule has 7 nitrogen and oxygen atoms in total. The Kier molecular flexibility index (Phi) is 7.21. The average molecular weight is 357 g/mol. The first-order valence-corrected chi connectivity index (χ1v) is 9.26. The number of carbonyl (C=O) groups is 2. The molecule has 1 aromatic rings. The maximum absolute atomic E-state index is 12.6. The number of esters is 1. The highest BCUT2D eigenvalue weighted by molar-refractivity contribution is 7.92. The lowest BCUT2D eigenvalue weighted by Gasteiger charge is -2.16. The summed E-state index contributed by atoms with van der Waals surface area (Å²) in [5, 5.41) is 1.82. The quantitative estimate of drug-likeness (QED) is 0.593. The molecule has 0 saturated carbocycles. The smallest absolute Gasteiger partial charge is 0.397 e. The molecule has 0 spiro atoms. The number of anilines is 1. The van der Waals surface area contributed by atoms with E-state index in [1.807, 2.05) is 0 Å². The minimum atomic E-state index is -3.54. The molecule has 0 heterocycles. The Morgan fingerprint density at radius 3 is 2.29 bits per heavy atom. The van der Waals surface area contributed by atoms with Gasteiger partial charge in [0.25, 0.3) is 0 Å². The molecule has 8 heteroatoms. The van der Waals surface area contributed by atoms with Crippen molar-refractivity contribution in [2.24, 2.45) is 0 Å². The molecule has 0 unspecified atom stereocenters. The predicted octanol–water partition coefficient (Wildman–Crippen LogP) is 2.16. The molecule has 1 amide bonds. The molecule has 134 valence electrons. The molecule has 1 rings (SSSR count). The first kappa shape index (κ1) is 20.0. The third kappa shape index (κ3) is 4.47. The number of benzene rings is 1. The number of nitrogens with one attached hydrogen (secondary N) is 1. The van der Waals surface area contributed by atoms with Crippen LogP contribution in [-0.4, -0.2) is 39.3 Å². The van der Waals surface area contributed by atoms with Gasteiger partial charge in [0.05, 0.1) is 29.5 Å². The molecule has 1 N–H and O–H groups in total. The van der Waals surface area contributed by atoms with Gasteiger partial charge >= 0.3 is 11.9 Å². The van der Waals surface area contributed by atoms with Gasteiger partial charge in [-0.3, -0.25) is 4.79 Å². The van der Waals surface area contributed by atoms with Crippen LogP contribution in [0, 0.1) is 0 Å². The van der Waals surface area contributed by atoms with Crippen molar-refractivity contribution in [2.45, 2.75) is 43.8 Å². The Labute approximate surface area is 142 Å². The van der Waals surface area contributed by atoms with E-state index in [2.05, 4.69) is 10.1 Å². The second kappa shape index (κ2) is 8.68. The molecule has 0 atom stereocenters. The normalized spacial score (nSPS) is 11.2. The highest BCUT2D eigenvalue weighted by Crippen LogP contribution is 2.30. The van der Waals surface area contributed by atoms with E-state index in [9.17, 15) is 18.0 Å². The fourth-order valence-electron chi connectivity index (χ4n) is 2.25. The Balaban J connectivity index is 3.22. The summed E-state index contributed by atoms with van der Waals surface area (Å²) in [7, 11) is -2.16. The van der Waals surface area contributed by atoms with Crippen molar-refractivity contribution in [2.75, 3.05) is 19.0 Å². The number of ether oxygens (including phenoxy) is 2. The number of hydrogen-bond donors (Lipinski definition) is 1. The van der Waals surface area contributed by atoms with Gasteiger partial charge in [-0.05, 0) is 38.0 Å². The highest BCUT2D eigenvalue weighted by atomic mass is 32.2. The van der Waals surface area contributed by atoms with Crippen LogP contribution in [0.1, 0.15) is 33.6 Å². The van der Waals surface area contributed by atoms with E-state index in [0.717, 1.165) is 0 Å². The Hall–Kier alpha value is -2.09. The molecule has 0 bridgehead atoms. The molecule has 0 fully saturated rings. The van der Waals surface area contributed by atoms with Crippen molar-refractivity contribution in [3.63, 3.8) is 0 Å². The molecular formula is C16H23NO6S. The van der Waals surface area contributed by atoms with E-state index in [0.29, 0.717) is 12.8 Å². The molecule has 1 aromatic carbocycles. The third-order valence-electron chi connectivity index (χ3n) is 3.56. The summed E-state index contributed by atoms with van der Waals surface area (Å²) >= 11 is 0. The van der Waals surface area contributed by atoms with Crippen molar-refractivity contribution in [1.29, 1.82) is 0 Å². The summed E-state index contributed by atoms with van der Waals surface area (Å²) in [4.78, 5) is 23.3. The fraction of sp³-hybridized carbons (Fsp3) is 0.500. The minimum Gasteiger partial charge on any atom is -0.495 e. The molecule has 24 heavy (non-hydrogen) atoms. The summed E-state index contributed by atoms with van der Waals surface area (Å²) in [6, 6.07) is 4.16. The topological polar surface area (TPSA) is 98.8 Å². The van der Waals surface area contributed by atoms with Crippen LogP contribution in [0.3, 0.4) is 0 Å². The van der Waals surface area contributed by atoms with Crippen molar-refractivity contribution in [3.05, 3.63) is 18.2 Å². The number of rotatable bonds is 7. The van der Waals surface area contributed by atoms with E-state index < -0.39 is 27.0 Å². The molecule has 0 aliphatic heterocycles. The van der Waals surface area contributed by atoms with Crippen LogP contribution in [-0.2, 0) is 24.2 Å². The zero-order valence-corrected chi connectivity index (χ0v) is 15.1. The lowest BCUT2D eigenvalue weighted by Crippen LogP contribution is -2.25. The van der Waals surface area contributed by atoms with Crippen LogP contribution < -0.4 is 10.1 Å². The van der Waals surface area contributed by atoms with E-state index in [-0.39, 0.29) is 22.9 Å². The van der Waals surface area contributed by atoms with Crippen molar-refractivity contribution in [1.82, 2.24) is 0 Å². The molecule has 0 radical (unpaired) electrons. The summed E-state index contributed by atoms with van der Waals surface area (Å²) in [6.45, 7) is 5.25. The first-order valence-electron chi connectivity index (χ1n) is 7.71. The van der Waals surface area contributed by atoms with Gasteiger partial charge in [0.2, 0.25) is 0 Å². The summed E-state index contributed by atoms with van der Waals surface area (Å²) in [5.41, 5.74) is 0.0996. The standard InChI is InChI=1S/C16H23NO6S/c1-5-11(6-2)24(20,21)12-8-9-14(22-4)13(10-12)17-15(18)16(19)23-7-3/h8-11H,5-7H2,1-4H3,(H,17,18). The van der Waals surface area contributed by atoms with Crippen molar-refractivity contribution in [3.8, 4) is 5.75 Å². The van der Waals surface area contributed by atoms with Gasteiger partial charge in [0.15, 0.2) is 9.84 Å². The number of amides is 1.